The van der Waals surface area contributed by atoms with E-state index in [2.05, 4.69) is 6.92 Å². The minimum Gasteiger partial charge on any atom is -0.286 e. The second-order valence-corrected chi connectivity index (χ2v) is 7.97. The average Bonchev–Trinajstić information content (AvgIpc) is 2.13. The van der Waals surface area contributed by atoms with E-state index in [0.29, 0.717) is 11.8 Å². The number of hydrogen-bond donors (Lipinski definition) is 1. The molecule has 2 saturated carbocycles. The van der Waals surface area contributed by atoms with Crippen LogP contribution in [0, 0.1) is 17.3 Å². The summed E-state index contributed by atoms with van der Waals surface area (Å²) in [5.74, 6) is 1.60. The molecule has 0 heterocycles. The Bertz CT molecular complexity index is 359. The van der Waals surface area contributed by atoms with E-state index in [1.165, 1.54) is 38.5 Å². The molecule has 2 fully saturated rings. The molecule has 3 atom stereocenters. The third-order valence-electron chi connectivity index (χ3n) is 4.67. The lowest BCUT2D eigenvalue weighted by atomic mass is 9.58. The van der Waals surface area contributed by atoms with E-state index in [1.807, 2.05) is 0 Å². The summed E-state index contributed by atoms with van der Waals surface area (Å²) in [5, 5.41) is 0. The standard InChI is InChI=1S/C13H24O3S/c1-11-8-12-4-2-5-13(9-11,10-12)6-3-7-17(14,15)16/h11-12H,2-10H2,1H3,(H,14,15,16). The van der Waals surface area contributed by atoms with E-state index >= 15 is 0 Å². The quantitative estimate of drug-likeness (QED) is 0.789. The Morgan fingerprint density at radius 3 is 2.82 bits per heavy atom. The van der Waals surface area contributed by atoms with Crippen molar-refractivity contribution in [1.29, 1.82) is 0 Å². The monoisotopic (exact) mass is 260 g/mol. The molecular formula is C13H24O3S. The van der Waals surface area contributed by atoms with Crippen LogP contribution in [0.4, 0.5) is 0 Å². The lowest BCUT2D eigenvalue weighted by molar-refractivity contribution is 0.0373. The van der Waals surface area contributed by atoms with Crippen LogP contribution < -0.4 is 0 Å². The van der Waals surface area contributed by atoms with E-state index < -0.39 is 10.1 Å². The molecule has 1 N–H and O–H groups in total. The fourth-order valence-electron chi connectivity index (χ4n) is 4.32. The molecule has 17 heavy (non-hydrogen) atoms. The zero-order valence-corrected chi connectivity index (χ0v) is 11.5. The van der Waals surface area contributed by atoms with E-state index in [-0.39, 0.29) is 5.75 Å². The summed E-state index contributed by atoms with van der Waals surface area (Å²) >= 11 is 0. The lowest BCUT2D eigenvalue weighted by Gasteiger charge is -2.48. The van der Waals surface area contributed by atoms with Crippen molar-refractivity contribution in [3.63, 3.8) is 0 Å². The van der Waals surface area contributed by atoms with Gasteiger partial charge < -0.3 is 0 Å². The summed E-state index contributed by atoms with van der Waals surface area (Å²) in [6.45, 7) is 2.33. The summed E-state index contributed by atoms with van der Waals surface area (Å²) < 4.78 is 30.3. The van der Waals surface area contributed by atoms with Crippen LogP contribution >= 0.6 is 0 Å². The molecule has 0 radical (unpaired) electrons. The van der Waals surface area contributed by atoms with E-state index in [4.69, 9.17) is 4.55 Å². The van der Waals surface area contributed by atoms with Gasteiger partial charge in [0.25, 0.3) is 10.1 Å². The highest BCUT2D eigenvalue weighted by atomic mass is 32.2. The highest BCUT2D eigenvalue weighted by molar-refractivity contribution is 7.85. The number of hydrogen-bond acceptors (Lipinski definition) is 2. The minimum absolute atomic E-state index is 0.0617. The van der Waals surface area contributed by atoms with Gasteiger partial charge in [-0.1, -0.05) is 19.8 Å². The molecule has 4 heteroatoms. The molecule has 3 unspecified atom stereocenters. The van der Waals surface area contributed by atoms with Gasteiger partial charge >= 0.3 is 0 Å². The summed E-state index contributed by atoms with van der Waals surface area (Å²) in [6, 6.07) is 0. The van der Waals surface area contributed by atoms with Gasteiger partial charge in [0.1, 0.15) is 0 Å². The second kappa shape index (κ2) is 4.88. The lowest BCUT2D eigenvalue weighted by Crippen LogP contribution is -2.36. The van der Waals surface area contributed by atoms with Crippen molar-refractivity contribution in [2.45, 2.75) is 58.3 Å². The van der Waals surface area contributed by atoms with E-state index in [9.17, 15) is 8.42 Å². The van der Waals surface area contributed by atoms with Crippen LogP contribution in [0.2, 0.25) is 0 Å². The Kier molecular flexibility index (Phi) is 3.83. The van der Waals surface area contributed by atoms with Crippen molar-refractivity contribution >= 4 is 10.1 Å². The predicted molar refractivity (Wildman–Crippen MR) is 68.4 cm³/mol. The molecule has 0 amide bonds. The molecule has 0 aromatic carbocycles. The molecule has 0 aromatic rings. The van der Waals surface area contributed by atoms with Gasteiger partial charge in [-0.05, 0) is 55.8 Å². The normalized spacial score (nSPS) is 38.0. The fourth-order valence-corrected chi connectivity index (χ4v) is 4.83. The third-order valence-corrected chi connectivity index (χ3v) is 5.47. The van der Waals surface area contributed by atoms with Gasteiger partial charge in [-0.3, -0.25) is 4.55 Å². The van der Waals surface area contributed by atoms with E-state index in [0.717, 1.165) is 18.3 Å². The minimum atomic E-state index is -3.77. The Morgan fingerprint density at radius 2 is 2.12 bits per heavy atom. The van der Waals surface area contributed by atoms with Crippen molar-refractivity contribution in [2.75, 3.05) is 5.75 Å². The van der Waals surface area contributed by atoms with Crippen molar-refractivity contribution in [3.05, 3.63) is 0 Å². The maximum Gasteiger partial charge on any atom is 0.264 e. The summed E-state index contributed by atoms with van der Waals surface area (Å²) in [4.78, 5) is 0. The zero-order chi connectivity index (χ0) is 12.5. The van der Waals surface area contributed by atoms with Crippen molar-refractivity contribution in [1.82, 2.24) is 0 Å². The Hall–Kier alpha value is -0.0900. The molecule has 0 aromatic heterocycles. The van der Waals surface area contributed by atoms with Gasteiger partial charge in [0, 0.05) is 0 Å². The van der Waals surface area contributed by atoms with Crippen molar-refractivity contribution in [3.8, 4) is 0 Å². The maximum absolute atomic E-state index is 10.8. The molecule has 2 bridgehead atoms. The molecule has 0 spiro atoms. The molecule has 3 nitrogen and oxygen atoms in total. The van der Waals surface area contributed by atoms with Crippen LogP contribution in [-0.4, -0.2) is 18.7 Å². The van der Waals surface area contributed by atoms with Crippen LogP contribution in [-0.2, 0) is 10.1 Å². The maximum atomic E-state index is 10.8. The molecule has 0 saturated heterocycles. The first kappa shape index (κ1) is 13.3. The first-order valence-corrected chi connectivity index (χ1v) is 8.45. The third kappa shape index (κ3) is 3.68. The average molecular weight is 260 g/mol. The SMILES string of the molecule is CC1CC2CCCC(CCCS(=O)(=O)O)(C1)C2. The Labute approximate surface area is 105 Å². The number of fused-ring (bicyclic) bond motifs is 2. The molecule has 0 aliphatic heterocycles. The van der Waals surface area contributed by atoms with Crippen molar-refractivity contribution in [2.24, 2.45) is 17.3 Å². The van der Waals surface area contributed by atoms with Gasteiger partial charge in [0.2, 0.25) is 0 Å². The molecule has 2 rings (SSSR count). The van der Waals surface area contributed by atoms with Crippen molar-refractivity contribution < 1.29 is 13.0 Å². The van der Waals surface area contributed by atoms with Gasteiger partial charge in [0.15, 0.2) is 0 Å². The molecule has 2 aliphatic rings. The summed E-state index contributed by atoms with van der Waals surface area (Å²) in [7, 11) is -3.77. The zero-order valence-electron chi connectivity index (χ0n) is 10.7. The van der Waals surface area contributed by atoms with Crippen LogP contribution in [0.15, 0.2) is 0 Å². The van der Waals surface area contributed by atoms with Gasteiger partial charge in [-0.2, -0.15) is 8.42 Å². The second-order valence-electron chi connectivity index (χ2n) is 6.40. The van der Waals surface area contributed by atoms with Crippen LogP contribution in [0.3, 0.4) is 0 Å². The number of rotatable bonds is 4. The largest absolute Gasteiger partial charge is 0.286 e. The van der Waals surface area contributed by atoms with Gasteiger partial charge in [-0.15, -0.1) is 0 Å². The molecule has 100 valence electrons. The van der Waals surface area contributed by atoms with E-state index in [1.54, 1.807) is 0 Å². The molecule has 2 aliphatic carbocycles. The Morgan fingerprint density at radius 1 is 1.35 bits per heavy atom. The fraction of sp³-hybridized carbons (Fsp3) is 1.00. The van der Waals surface area contributed by atoms with Crippen LogP contribution in [0.25, 0.3) is 0 Å². The smallest absolute Gasteiger partial charge is 0.264 e. The highest BCUT2D eigenvalue weighted by Crippen LogP contribution is 2.53. The van der Waals surface area contributed by atoms with Crippen LogP contribution in [0.5, 0.6) is 0 Å². The Balaban J connectivity index is 1.92. The summed E-state index contributed by atoms with van der Waals surface area (Å²) in [5.41, 5.74) is 0.394. The topological polar surface area (TPSA) is 54.4 Å². The van der Waals surface area contributed by atoms with Gasteiger partial charge in [-0.25, -0.2) is 0 Å². The van der Waals surface area contributed by atoms with Crippen LogP contribution in [0.1, 0.15) is 58.3 Å². The molecular weight excluding hydrogens is 236 g/mol. The first-order chi connectivity index (χ1) is 7.89. The summed E-state index contributed by atoms with van der Waals surface area (Å²) in [6.07, 6.45) is 9.46. The highest BCUT2D eigenvalue weighted by Gasteiger charge is 2.41. The predicted octanol–water partition coefficient (Wildman–Crippen LogP) is 3.26. The first-order valence-electron chi connectivity index (χ1n) is 6.84. The van der Waals surface area contributed by atoms with Gasteiger partial charge in [0.05, 0.1) is 5.75 Å².